The molecule has 0 saturated heterocycles. The van der Waals surface area contributed by atoms with E-state index in [0.717, 1.165) is 25.0 Å². The Kier molecular flexibility index (Phi) is 7.62. The molecule has 0 amide bonds. The summed E-state index contributed by atoms with van der Waals surface area (Å²) < 4.78 is 0. The van der Waals surface area contributed by atoms with E-state index < -0.39 is 0 Å². The number of para-hydroxylation sites is 2. The molecule has 2 N–H and O–H groups in total. The number of Topliss-reactive ketones (excluding diaryl/α,β-unsaturated/α-hetero) is 1. The summed E-state index contributed by atoms with van der Waals surface area (Å²) in [7, 11) is 0. The first-order valence-electron chi connectivity index (χ1n) is 11.0. The Morgan fingerprint density at radius 1 is 1.06 bits per heavy atom. The molecule has 0 saturated carbocycles. The molecule has 5 rings (SSSR count). The summed E-state index contributed by atoms with van der Waals surface area (Å²) in [6, 6.07) is 15.2. The van der Waals surface area contributed by atoms with Gasteiger partial charge in [-0.2, -0.15) is 19.2 Å². The van der Waals surface area contributed by atoms with Crippen molar-refractivity contribution in [3.8, 4) is 5.75 Å². The van der Waals surface area contributed by atoms with Gasteiger partial charge in [0.05, 0.1) is 5.56 Å². The van der Waals surface area contributed by atoms with Crippen molar-refractivity contribution in [2.75, 3.05) is 6.54 Å². The van der Waals surface area contributed by atoms with E-state index in [1.54, 1.807) is 24.3 Å². The smallest absolute Gasteiger partial charge is 0.373 e. The third-order valence-corrected chi connectivity index (χ3v) is 6.56. The number of aromatic hydroxyl groups is 1. The van der Waals surface area contributed by atoms with Gasteiger partial charge in [-0.1, -0.05) is 37.3 Å². The molecule has 0 aliphatic carbocycles. The maximum atomic E-state index is 13.1. The van der Waals surface area contributed by atoms with Crippen molar-refractivity contribution in [1.29, 1.82) is 0 Å². The molecule has 3 heterocycles. The zero-order chi connectivity index (χ0) is 25.6. The summed E-state index contributed by atoms with van der Waals surface area (Å²) >= 11 is 0. The Balaban J connectivity index is 0.000000520. The molecule has 1 unspecified atom stereocenters. The highest BCUT2D eigenvalue weighted by Crippen LogP contribution is 2.48. The van der Waals surface area contributed by atoms with Crippen LogP contribution in [0, 0.1) is 0 Å². The molecule has 35 heavy (non-hydrogen) atoms. The number of ketones is 1. The Hall–Kier alpha value is -4.51. The average Bonchev–Trinajstić information content (AvgIpc) is 3.24. The number of hydrogen-bond acceptors (Lipinski definition) is 7. The predicted octanol–water partition coefficient (Wildman–Crippen LogP) is 3.90. The maximum Gasteiger partial charge on any atom is 0.373 e. The summed E-state index contributed by atoms with van der Waals surface area (Å²) in [4.78, 5) is 51.6. The molecule has 2 aromatic carbocycles. The van der Waals surface area contributed by atoms with Crippen LogP contribution in [0.3, 0.4) is 0 Å². The van der Waals surface area contributed by atoms with Crippen LogP contribution in [0.1, 0.15) is 41.9 Å². The lowest BCUT2D eigenvalue weighted by Crippen LogP contribution is -2.50. The Morgan fingerprint density at radius 3 is 2.34 bits per heavy atom. The Bertz CT molecular complexity index is 1380. The highest BCUT2D eigenvalue weighted by atomic mass is 16.3. The van der Waals surface area contributed by atoms with E-state index in [1.807, 2.05) is 12.3 Å². The van der Waals surface area contributed by atoms with Gasteiger partial charge in [0, 0.05) is 34.9 Å². The summed E-state index contributed by atoms with van der Waals surface area (Å²) in [6.45, 7) is 5.17. The second-order valence-corrected chi connectivity index (χ2v) is 8.11. The monoisotopic (exact) mass is 472 g/mol. The molecule has 2 aliphatic rings. The van der Waals surface area contributed by atoms with Crippen molar-refractivity contribution in [3.63, 3.8) is 0 Å². The third kappa shape index (κ3) is 4.36. The van der Waals surface area contributed by atoms with E-state index >= 15 is 0 Å². The van der Waals surface area contributed by atoms with E-state index in [4.69, 9.17) is 19.2 Å². The first kappa shape index (κ1) is 25.1. The summed E-state index contributed by atoms with van der Waals surface area (Å²) in [6.07, 6.45) is 6.32. The molecule has 1 atom stereocenters. The van der Waals surface area contributed by atoms with Gasteiger partial charge in [0.2, 0.25) is 0 Å². The zero-order valence-electron chi connectivity index (χ0n) is 19.3. The van der Waals surface area contributed by atoms with Gasteiger partial charge in [-0.05, 0) is 55.2 Å². The number of nitrogens with zero attached hydrogens (tertiary/aromatic N) is 1. The van der Waals surface area contributed by atoms with Crippen LogP contribution >= 0.6 is 0 Å². The number of fused-ring (bicyclic) bond motifs is 5. The maximum absolute atomic E-state index is 13.1. The number of phenolic OH excluding ortho intramolecular Hbond substituents is 1. The van der Waals surface area contributed by atoms with Crippen LogP contribution < -0.4 is 0 Å². The molecule has 178 valence electrons. The molecule has 0 radical (unpaired) electrons. The van der Waals surface area contributed by atoms with E-state index in [1.165, 1.54) is 22.2 Å². The number of phenols is 1. The molecule has 8 nitrogen and oxygen atoms in total. The van der Waals surface area contributed by atoms with E-state index in [0.29, 0.717) is 11.1 Å². The number of hydrogen-bond donors (Lipinski definition) is 2. The predicted molar refractivity (Wildman–Crippen MR) is 125 cm³/mol. The van der Waals surface area contributed by atoms with Crippen molar-refractivity contribution < 1.29 is 29.1 Å². The molecule has 2 aliphatic heterocycles. The number of nitrogens with one attached hydrogen (secondary N) is 1. The minimum Gasteiger partial charge on any atom is -0.507 e. The van der Waals surface area contributed by atoms with E-state index in [9.17, 15) is 9.90 Å². The number of rotatable bonds is 3. The standard InChI is InChI=1S/C25H24N2O2.2CO2/c1-3-25-16(2)14-17(23(29)20-9-5-7-11-22(20)28)15-27(25)13-12-19-18-8-4-6-10-21(18)26-24(19)25;2*2-1-3/h4-11,14-15,26,28H,3,12-13H2,1-2H3;;. The first-order valence-corrected chi connectivity index (χ1v) is 11.0. The lowest BCUT2D eigenvalue weighted by molar-refractivity contribution is -0.193. The summed E-state index contributed by atoms with van der Waals surface area (Å²) in [5.41, 5.74) is 5.63. The molecule has 8 heteroatoms. The molecular weight excluding hydrogens is 448 g/mol. The van der Waals surface area contributed by atoms with Crippen LogP contribution in [-0.2, 0) is 31.1 Å². The van der Waals surface area contributed by atoms with Crippen molar-refractivity contribution >= 4 is 29.0 Å². The van der Waals surface area contributed by atoms with Gasteiger partial charge in [0.25, 0.3) is 0 Å². The van der Waals surface area contributed by atoms with Gasteiger partial charge >= 0.3 is 12.3 Å². The molecular formula is C27H24N2O6. The molecule has 3 aromatic rings. The van der Waals surface area contributed by atoms with Gasteiger partial charge in [0.15, 0.2) is 5.78 Å². The van der Waals surface area contributed by atoms with Gasteiger partial charge in [-0.3, -0.25) is 4.79 Å². The van der Waals surface area contributed by atoms with Crippen LogP contribution in [0.2, 0.25) is 0 Å². The van der Waals surface area contributed by atoms with Gasteiger partial charge in [-0.15, -0.1) is 0 Å². The number of H-pyrrole nitrogens is 1. The third-order valence-electron chi connectivity index (χ3n) is 6.56. The second-order valence-electron chi connectivity index (χ2n) is 8.11. The van der Waals surface area contributed by atoms with Crippen LogP contribution in [-0.4, -0.2) is 39.6 Å². The van der Waals surface area contributed by atoms with Gasteiger partial charge < -0.3 is 15.0 Å². The zero-order valence-corrected chi connectivity index (χ0v) is 19.3. The lowest BCUT2D eigenvalue weighted by atomic mass is 9.75. The number of aromatic nitrogens is 1. The van der Waals surface area contributed by atoms with Crippen LogP contribution in [0.15, 0.2) is 72.0 Å². The van der Waals surface area contributed by atoms with Gasteiger partial charge in [0.1, 0.15) is 11.3 Å². The lowest BCUT2D eigenvalue weighted by Gasteiger charge is -2.49. The van der Waals surface area contributed by atoms with Crippen LogP contribution in [0.25, 0.3) is 10.9 Å². The number of carbonyl (C=O) groups excluding carboxylic acids is 5. The minimum atomic E-state index is -0.269. The molecule has 1 aromatic heterocycles. The van der Waals surface area contributed by atoms with E-state index in [-0.39, 0.29) is 29.4 Å². The summed E-state index contributed by atoms with van der Waals surface area (Å²) in [5.74, 6) is -0.122. The van der Waals surface area contributed by atoms with Crippen LogP contribution in [0.5, 0.6) is 5.75 Å². The fraction of sp³-hybridized carbons (Fsp3) is 0.222. The Morgan fingerprint density at radius 2 is 1.69 bits per heavy atom. The highest BCUT2D eigenvalue weighted by molar-refractivity contribution is 6.12. The number of allylic oxidation sites excluding steroid dienone is 2. The van der Waals surface area contributed by atoms with Crippen molar-refractivity contribution in [2.24, 2.45) is 0 Å². The minimum absolute atomic E-state index is 0.0216. The fourth-order valence-electron chi connectivity index (χ4n) is 5.14. The normalized spacial score (nSPS) is 17.6. The molecule has 0 bridgehead atoms. The number of carbonyl (C=O) groups is 1. The van der Waals surface area contributed by atoms with Crippen LogP contribution in [0.4, 0.5) is 0 Å². The number of benzene rings is 2. The van der Waals surface area contributed by atoms with Gasteiger partial charge in [-0.25, -0.2) is 0 Å². The SMILES string of the molecule is CCC12C(C)=CC(C(=O)c3ccccc3O)=CN1CCc1c2[nH]c2ccccc12.O=C=O.O=C=O. The summed E-state index contributed by atoms with van der Waals surface area (Å²) in [5, 5.41) is 11.4. The Labute approximate surface area is 201 Å². The highest BCUT2D eigenvalue weighted by Gasteiger charge is 2.45. The molecule has 0 spiro atoms. The fourth-order valence-corrected chi connectivity index (χ4v) is 5.14. The first-order chi connectivity index (χ1) is 16.9. The molecule has 0 fully saturated rings. The largest absolute Gasteiger partial charge is 0.507 e. The quantitative estimate of drug-likeness (QED) is 0.554. The average molecular weight is 472 g/mol. The van der Waals surface area contributed by atoms with E-state index in [2.05, 4.69) is 48.0 Å². The second kappa shape index (κ2) is 10.6. The number of aromatic amines is 1. The van der Waals surface area contributed by atoms with Crippen molar-refractivity contribution in [3.05, 3.63) is 88.8 Å². The van der Waals surface area contributed by atoms with Crippen molar-refractivity contribution in [2.45, 2.75) is 32.2 Å². The van der Waals surface area contributed by atoms with Crippen molar-refractivity contribution in [1.82, 2.24) is 9.88 Å². The topological polar surface area (TPSA) is 125 Å².